The largest absolute Gasteiger partial charge is 0.497 e. The number of methoxy groups -OCH3 is 1. The molecule has 0 aliphatic carbocycles. The molecule has 0 aliphatic rings. The van der Waals surface area contributed by atoms with Gasteiger partial charge in [-0.1, -0.05) is 0 Å². The van der Waals surface area contributed by atoms with E-state index in [-0.39, 0.29) is 18.7 Å². The highest BCUT2D eigenvalue weighted by Gasteiger charge is 2.43. The van der Waals surface area contributed by atoms with Gasteiger partial charge in [0.25, 0.3) is 5.91 Å². The zero-order valence-electron chi connectivity index (χ0n) is 10.7. The number of hydrogen-bond acceptors (Lipinski definition) is 2. The molecule has 3 nitrogen and oxygen atoms in total. The molecule has 0 radical (unpaired) electrons. The van der Waals surface area contributed by atoms with Gasteiger partial charge >= 0.3 is 5.92 Å². The van der Waals surface area contributed by atoms with Crippen LogP contribution in [-0.4, -0.2) is 31.0 Å². The van der Waals surface area contributed by atoms with Gasteiger partial charge in [-0.05, 0) is 38.1 Å². The van der Waals surface area contributed by atoms with Gasteiger partial charge in [0.1, 0.15) is 5.75 Å². The fourth-order valence-electron chi connectivity index (χ4n) is 1.63. The average molecular weight is 257 g/mol. The summed E-state index contributed by atoms with van der Waals surface area (Å²) in [6.45, 7) is 3.87. The van der Waals surface area contributed by atoms with Crippen LogP contribution in [-0.2, 0) is 10.7 Å². The van der Waals surface area contributed by atoms with Crippen LogP contribution in [0.2, 0.25) is 0 Å². The molecule has 100 valence electrons. The van der Waals surface area contributed by atoms with Crippen LogP contribution in [0.4, 0.5) is 8.78 Å². The molecule has 1 aromatic carbocycles. The molecular formula is C13H17F2NO2. The van der Waals surface area contributed by atoms with Crippen LogP contribution in [0, 0.1) is 0 Å². The summed E-state index contributed by atoms with van der Waals surface area (Å²) in [5, 5.41) is 0. The Morgan fingerprint density at radius 2 is 1.72 bits per heavy atom. The Morgan fingerprint density at radius 3 is 2.11 bits per heavy atom. The first kappa shape index (κ1) is 14.4. The van der Waals surface area contributed by atoms with Crippen molar-refractivity contribution in [2.24, 2.45) is 0 Å². The van der Waals surface area contributed by atoms with Crippen LogP contribution in [0.1, 0.15) is 19.4 Å². The van der Waals surface area contributed by atoms with Crippen molar-refractivity contribution in [3.8, 4) is 5.75 Å². The van der Waals surface area contributed by atoms with Crippen molar-refractivity contribution in [2.45, 2.75) is 19.8 Å². The number of likely N-dealkylation sites (N-methyl/N-ethyl adjacent to an activating group) is 1. The Bertz CT molecular complexity index is 400. The van der Waals surface area contributed by atoms with E-state index in [0.717, 1.165) is 4.90 Å². The average Bonchev–Trinajstić information content (AvgIpc) is 2.40. The van der Waals surface area contributed by atoms with E-state index in [1.807, 2.05) is 0 Å². The van der Waals surface area contributed by atoms with Crippen molar-refractivity contribution in [1.82, 2.24) is 4.90 Å². The smallest absolute Gasteiger partial charge is 0.349 e. The van der Waals surface area contributed by atoms with E-state index >= 15 is 0 Å². The van der Waals surface area contributed by atoms with Gasteiger partial charge in [-0.15, -0.1) is 0 Å². The van der Waals surface area contributed by atoms with Gasteiger partial charge in [0.15, 0.2) is 0 Å². The summed E-state index contributed by atoms with van der Waals surface area (Å²) in [6, 6.07) is 5.25. The number of alkyl halides is 2. The maximum absolute atomic E-state index is 14.0. The van der Waals surface area contributed by atoms with E-state index in [0.29, 0.717) is 5.75 Å². The molecule has 0 saturated carbocycles. The first-order valence-corrected chi connectivity index (χ1v) is 5.79. The van der Waals surface area contributed by atoms with E-state index < -0.39 is 11.8 Å². The molecule has 0 spiro atoms. The van der Waals surface area contributed by atoms with Crippen LogP contribution < -0.4 is 4.74 Å². The number of carbonyl (C=O) groups excluding carboxylic acids is 1. The number of benzene rings is 1. The van der Waals surface area contributed by atoms with Gasteiger partial charge in [0, 0.05) is 18.7 Å². The van der Waals surface area contributed by atoms with Crippen molar-refractivity contribution in [1.29, 1.82) is 0 Å². The monoisotopic (exact) mass is 257 g/mol. The number of amides is 1. The third-order valence-corrected chi connectivity index (χ3v) is 2.77. The summed E-state index contributed by atoms with van der Waals surface area (Å²) in [5.74, 6) is -4.19. The summed E-state index contributed by atoms with van der Waals surface area (Å²) in [5.41, 5.74) is -0.319. The Labute approximate surface area is 105 Å². The Balaban J connectivity index is 3.00. The van der Waals surface area contributed by atoms with Gasteiger partial charge in [-0.3, -0.25) is 4.79 Å². The van der Waals surface area contributed by atoms with Crippen molar-refractivity contribution >= 4 is 5.91 Å². The number of rotatable bonds is 5. The molecule has 1 rings (SSSR count). The molecule has 0 unspecified atom stereocenters. The lowest BCUT2D eigenvalue weighted by Crippen LogP contribution is -2.41. The number of ether oxygens (including phenoxy) is 1. The summed E-state index contributed by atoms with van der Waals surface area (Å²) in [6.07, 6.45) is 0. The molecule has 0 saturated heterocycles. The zero-order chi connectivity index (χ0) is 13.8. The predicted octanol–water partition coefficient (Wildman–Crippen LogP) is 2.66. The molecular weight excluding hydrogens is 240 g/mol. The third-order valence-electron chi connectivity index (χ3n) is 2.77. The fourth-order valence-corrected chi connectivity index (χ4v) is 1.63. The van der Waals surface area contributed by atoms with Crippen LogP contribution in [0.3, 0.4) is 0 Å². The fraction of sp³-hybridized carbons (Fsp3) is 0.462. The number of hydrogen-bond donors (Lipinski definition) is 0. The molecule has 5 heteroatoms. The number of carbonyl (C=O) groups is 1. The van der Waals surface area contributed by atoms with Crippen LogP contribution >= 0.6 is 0 Å². The van der Waals surface area contributed by atoms with E-state index in [1.165, 1.54) is 31.4 Å². The first-order chi connectivity index (χ1) is 8.47. The maximum Gasteiger partial charge on any atom is 0.349 e. The van der Waals surface area contributed by atoms with Crippen molar-refractivity contribution < 1.29 is 18.3 Å². The number of nitrogens with zero attached hydrogens (tertiary/aromatic N) is 1. The molecule has 0 aliphatic heterocycles. The van der Waals surface area contributed by atoms with Gasteiger partial charge in [0.2, 0.25) is 0 Å². The van der Waals surface area contributed by atoms with Crippen molar-refractivity contribution in [3.63, 3.8) is 0 Å². The lowest BCUT2D eigenvalue weighted by atomic mass is 10.1. The minimum absolute atomic E-state index is 0.265. The second-order valence-electron chi connectivity index (χ2n) is 3.78. The minimum atomic E-state index is -3.50. The normalized spacial score (nSPS) is 11.2. The van der Waals surface area contributed by atoms with Crippen LogP contribution in [0.25, 0.3) is 0 Å². The molecule has 0 atom stereocenters. The molecule has 0 heterocycles. The minimum Gasteiger partial charge on any atom is -0.497 e. The molecule has 1 amide bonds. The van der Waals surface area contributed by atoms with E-state index in [1.54, 1.807) is 13.8 Å². The van der Waals surface area contributed by atoms with E-state index in [2.05, 4.69) is 0 Å². The lowest BCUT2D eigenvalue weighted by molar-refractivity contribution is -0.158. The molecule has 18 heavy (non-hydrogen) atoms. The van der Waals surface area contributed by atoms with E-state index in [9.17, 15) is 13.6 Å². The Morgan fingerprint density at radius 1 is 1.22 bits per heavy atom. The molecule has 0 N–H and O–H groups in total. The van der Waals surface area contributed by atoms with Gasteiger partial charge in [0.05, 0.1) is 7.11 Å². The van der Waals surface area contributed by atoms with Gasteiger partial charge in [-0.2, -0.15) is 8.78 Å². The summed E-state index contributed by atoms with van der Waals surface area (Å²) in [4.78, 5) is 12.8. The highest BCUT2D eigenvalue weighted by atomic mass is 19.3. The van der Waals surface area contributed by atoms with Gasteiger partial charge < -0.3 is 9.64 Å². The quantitative estimate of drug-likeness (QED) is 0.811. The van der Waals surface area contributed by atoms with Crippen molar-refractivity contribution in [3.05, 3.63) is 29.8 Å². The second-order valence-corrected chi connectivity index (χ2v) is 3.78. The number of halogens is 2. The predicted molar refractivity (Wildman–Crippen MR) is 64.8 cm³/mol. The summed E-state index contributed by atoms with van der Waals surface area (Å²) < 4.78 is 32.8. The summed E-state index contributed by atoms with van der Waals surface area (Å²) in [7, 11) is 1.45. The molecule has 0 fully saturated rings. The SMILES string of the molecule is CCN(CC)C(=O)C(F)(F)c1ccc(OC)cc1. The topological polar surface area (TPSA) is 29.5 Å². The van der Waals surface area contributed by atoms with Crippen molar-refractivity contribution in [2.75, 3.05) is 20.2 Å². The zero-order valence-corrected chi connectivity index (χ0v) is 10.7. The third kappa shape index (κ3) is 2.78. The first-order valence-electron chi connectivity index (χ1n) is 5.79. The lowest BCUT2D eigenvalue weighted by Gasteiger charge is -2.24. The van der Waals surface area contributed by atoms with Gasteiger partial charge in [-0.25, -0.2) is 0 Å². The Hall–Kier alpha value is -1.65. The highest BCUT2D eigenvalue weighted by Crippen LogP contribution is 2.31. The highest BCUT2D eigenvalue weighted by molar-refractivity contribution is 5.84. The van der Waals surface area contributed by atoms with Crippen LogP contribution in [0.5, 0.6) is 5.75 Å². The molecule has 0 aromatic heterocycles. The molecule has 1 aromatic rings. The van der Waals surface area contributed by atoms with E-state index in [4.69, 9.17) is 4.74 Å². The summed E-state index contributed by atoms with van der Waals surface area (Å²) >= 11 is 0. The maximum atomic E-state index is 14.0. The molecule has 0 bridgehead atoms. The van der Waals surface area contributed by atoms with Crippen LogP contribution in [0.15, 0.2) is 24.3 Å². The Kier molecular flexibility index (Phi) is 4.64. The second kappa shape index (κ2) is 5.80. The standard InChI is InChI=1S/C13H17F2NO2/c1-4-16(5-2)12(17)13(14,15)10-6-8-11(18-3)9-7-10/h6-9H,4-5H2,1-3H3.